The van der Waals surface area contributed by atoms with Gasteiger partial charge in [-0.1, -0.05) is 123 Å². The zero-order chi connectivity index (χ0) is 32.7. The molecule has 1 heterocycles. The maximum absolute atomic E-state index is 2.44. The van der Waals surface area contributed by atoms with Crippen molar-refractivity contribution in [1.29, 1.82) is 0 Å². The van der Waals surface area contributed by atoms with E-state index in [-0.39, 0.29) is 5.41 Å². The van der Waals surface area contributed by atoms with Gasteiger partial charge in [0.1, 0.15) is 0 Å². The lowest BCUT2D eigenvalue weighted by Crippen LogP contribution is -2.16. The van der Waals surface area contributed by atoms with Gasteiger partial charge in [-0.15, -0.1) is 11.3 Å². The summed E-state index contributed by atoms with van der Waals surface area (Å²) in [5.41, 5.74) is 11.3. The fraction of sp³-hybridized carbons (Fsp3) is 0.0638. The summed E-state index contributed by atoms with van der Waals surface area (Å²) in [6, 6.07) is 60.4. The zero-order valence-electron chi connectivity index (χ0n) is 27.4. The van der Waals surface area contributed by atoms with Gasteiger partial charge < -0.3 is 4.90 Å². The van der Waals surface area contributed by atoms with E-state index in [1.165, 1.54) is 80.8 Å². The van der Waals surface area contributed by atoms with Crippen molar-refractivity contribution in [2.75, 3.05) is 4.90 Å². The van der Waals surface area contributed by atoms with Crippen molar-refractivity contribution in [2.24, 2.45) is 0 Å². The first kappa shape index (κ1) is 28.3. The van der Waals surface area contributed by atoms with E-state index in [4.69, 9.17) is 0 Å². The third kappa shape index (κ3) is 4.31. The van der Waals surface area contributed by atoms with E-state index in [1.807, 2.05) is 11.3 Å². The fourth-order valence-corrected chi connectivity index (χ4v) is 9.43. The number of para-hydroxylation sites is 2. The predicted molar refractivity (Wildman–Crippen MR) is 212 cm³/mol. The number of anilines is 3. The minimum atomic E-state index is -0.143. The number of hydrogen-bond donors (Lipinski definition) is 0. The number of benzene rings is 8. The molecule has 1 aliphatic rings. The molecule has 0 N–H and O–H groups in total. The molecule has 2 heteroatoms. The van der Waals surface area contributed by atoms with Crippen LogP contribution in [0.2, 0.25) is 0 Å². The van der Waals surface area contributed by atoms with Crippen LogP contribution < -0.4 is 4.90 Å². The summed E-state index contributed by atoms with van der Waals surface area (Å²) in [4.78, 5) is 2.36. The number of fused-ring (bicyclic) bond motifs is 10. The van der Waals surface area contributed by atoms with Crippen LogP contribution in [0.1, 0.15) is 25.0 Å². The van der Waals surface area contributed by atoms with Crippen LogP contribution in [0.5, 0.6) is 0 Å². The Kier molecular flexibility index (Phi) is 6.16. The lowest BCUT2D eigenvalue weighted by atomic mass is 9.81. The summed E-state index contributed by atoms with van der Waals surface area (Å²) in [7, 11) is 0. The first-order valence-corrected chi connectivity index (χ1v) is 17.8. The van der Waals surface area contributed by atoms with Gasteiger partial charge in [-0.3, -0.25) is 0 Å². The summed E-state index contributed by atoms with van der Waals surface area (Å²) in [5, 5.41) is 7.97. The van der Waals surface area contributed by atoms with Gasteiger partial charge in [0.25, 0.3) is 0 Å². The molecule has 0 radical (unpaired) electrons. The van der Waals surface area contributed by atoms with Gasteiger partial charge in [0.2, 0.25) is 0 Å². The van der Waals surface area contributed by atoms with E-state index >= 15 is 0 Å². The summed E-state index contributed by atoms with van der Waals surface area (Å²) in [5.74, 6) is 0. The summed E-state index contributed by atoms with van der Waals surface area (Å²) >= 11 is 1.91. The normalized spacial score (nSPS) is 13.3. The molecule has 9 aromatic rings. The standard InChI is InChI=1S/C47H33NS/c1-47(2)42-28-32(31-20-23-37-33(27-31)18-17-30-19-25-41-40-15-9-10-16-44(40)49-46(41)45(30)37)21-24-38(42)39-26-22-36(29-43(39)47)48(34-11-5-3-6-12-34)35-13-7-4-8-14-35/h3-29H,1-2H3. The van der Waals surface area contributed by atoms with Crippen LogP contribution in [0, 0.1) is 0 Å². The number of hydrogen-bond acceptors (Lipinski definition) is 2. The van der Waals surface area contributed by atoms with Crippen molar-refractivity contribution < 1.29 is 0 Å². The molecule has 49 heavy (non-hydrogen) atoms. The van der Waals surface area contributed by atoms with Gasteiger partial charge in [-0.25, -0.2) is 0 Å². The molecule has 1 nitrogen and oxygen atoms in total. The SMILES string of the molecule is CC1(C)c2cc(-c3ccc4c(ccc5ccc6c7ccccc7sc6c54)c3)ccc2-c2ccc(N(c3ccccc3)c3ccccc3)cc21. The molecule has 0 atom stereocenters. The highest BCUT2D eigenvalue weighted by Gasteiger charge is 2.36. The molecular formula is C47H33NS. The number of rotatable bonds is 4. The van der Waals surface area contributed by atoms with Crippen molar-refractivity contribution in [3.63, 3.8) is 0 Å². The molecule has 8 aromatic carbocycles. The second-order valence-electron chi connectivity index (χ2n) is 13.8. The molecule has 10 rings (SSSR count). The second kappa shape index (κ2) is 10.7. The Morgan fingerprint density at radius 3 is 1.82 bits per heavy atom. The van der Waals surface area contributed by atoms with Crippen LogP contribution in [0.3, 0.4) is 0 Å². The smallest absolute Gasteiger partial charge is 0.0465 e. The maximum Gasteiger partial charge on any atom is 0.0465 e. The van der Waals surface area contributed by atoms with Gasteiger partial charge >= 0.3 is 0 Å². The van der Waals surface area contributed by atoms with Crippen molar-refractivity contribution in [2.45, 2.75) is 19.3 Å². The van der Waals surface area contributed by atoms with Crippen molar-refractivity contribution in [1.82, 2.24) is 0 Å². The number of nitrogens with zero attached hydrogens (tertiary/aromatic N) is 1. The molecular weight excluding hydrogens is 611 g/mol. The monoisotopic (exact) mass is 643 g/mol. The van der Waals surface area contributed by atoms with Gasteiger partial charge in [0, 0.05) is 48.0 Å². The average Bonchev–Trinajstić information content (AvgIpc) is 3.64. The van der Waals surface area contributed by atoms with Crippen LogP contribution in [0.25, 0.3) is 64.0 Å². The van der Waals surface area contributed by atoms with E-state index in [9.17, 15) is 0 Å². The zero-order valence-corrected chi connectivity index (χ0v) is 28.3. The van der Waals surface area contributed by atoms with E-state index in [0.29, 0.717) is 0 Å². The van der Waals surface area contributed by atoms with Crippen LogP contribution in [-0.4, -0.2) is 0 Å². The molecule has 1 aliphatic carbocycles. The Balaban J connectivity index is 1.07. The largest absolute Gasteiger partial charge is 0.310 e. The van der Waals surface area contributed by atoms with Crippen LogP contribution in [0.4, 0.5) is 17.1 Å². The van der Waals surface area contributed by atoms with Gasteiger partial charge in [0.15, 0.2) is 0 Å². The molecule has 1 aromatic heterocycles. The third-order valence-electron chi connectivity index (χ3n) is 10.6. The Bertz CT molecular complexity index is 2700. The highest BCUT2D eigenvalue weighted by molar-refractivity contribution is 7.26. The molecule has 0 unspecified atom stereocenters. The van der Waals surface area contributed by atoms with Gasteiger partial charge in [0.05, 0.1) is 0 Å². The molecule has 0 amide bonds. The Labute approximate surface area is 290 Å². The molecule has 0 aliphatic heterocycles. The minimum Gasteiger partial charge on any atom is -0.310 e. The van der Waals surface area contributed by atoms with Crippen LogP contribution in [-0.2, 0) is 5.41 Å². The minimum absolute atomic E-state index is 0.143. The molecule has 0 bridgehead atoms. The Morgan fingerprint density at radius 1 is 0.449 bits per heavy atom. The lowest BCUT2D eigenvalue weighted by molar-refractivity contribution is 0.660. The Hall–Kier alpha value is -5.70. The molecule has 232 valence electrons. The quantitative estimate of drug-likeness (QED) is 0.173. The van der Waals surface area contributed by atoms with Gasteiger partial charge in [-0.2, -0.15) is 0 Å². The van der Waals surface area contributed by atoms with Crippen LogP contribution in [0.15, 0.2) is 164 Å². The predicted octanol–water partition coefficient (Wildman–Crippen LogP) is 13.8. The van der Waals surface area contributed by atoms with E-state index in [0.717, 1.165) is 11.4 Å². The maximum atomic E-state index is 2.44. The van der Waals surface area contributed by atoms with E-state index in [2.05, 4.69) is 183 Å². The van der Waals surface area contributed by atoms with Crippen LogP contribution >= 0.6 is 11.3 Å². The van der Waals surface area contributed by atoms with Crippen molar-refractivity contribution >= 4 is 70.1 Å². The highest BCUT2D eigenvalue weighted by Crippen LogP contribution is 2.52. The van der Waals surface area contributed by atoms with E-state index in [1.54, 1.807) is 0 Å². The highest BCUT2D eigenvalue weighted by atomic mass is 32.1. The van der Waals surface area contributed by atoms with Crippen molar-refractivity contribution in [3.05, 3.63) is 175 Å². The van der Waals surface area contributed by atoms with E-state index < -0.39 is 0 Å². The lowest BCUT2D eigenvalue weighted by Gasteiger charge is -2.28. The molecule has 0 saturated heterocycles. The first-order valence-electron chi connectivity index (χ1n) is 17.0. The average molecular weight is 644 g/mol. The summed E-state index contributed by atoms with van der Waals surface area (Å²) < 4.78 is 2.73. The topological polar surface area (TPSA) is 3.24 Å². The third-order valence-corrected chi connectivity index (χ3v) is 11.8. The summed E-state index contributed by atoms with van der Waals surface area (Å²) in [6.07, 6.45) is 0. The molecule has 0 saturated carbocycles. The molecule has 0 fully saturated rings. The second-order valence-corrected chi connectivity index (χ2v) is 14.8. The van der Waals surface area contributed by atoms with Crippen molar-refractivity contribution in [3.8, 4) is 22.3 Å². The first-order chi connectivity index (χ1) is 24.0. The Morgan fingerprint density at radius 2 is 1.04 bits per heavy atom. The fourth-order valence-electron chi connectivity index (χ4n) is 8.15. The molecule has 0 spiro atoms. The van der Waals surface area contributed by atoms with Gasteiger partial charge in [-0.05, 0) is 104 Å². The number of thiophene rings is 1. The summed E-state index contributed by atoms with van der Waals surface area (Å²) in [6.45, 7) is 4.76.